The number of alkyl halides is 2. The van der Waals surface area contributed by atoms with E-state index < -0.39 is 38.1 Å². The summed E-state index contributed by atoms with van der Waals surface area (Å²) in [6.07, 6.45) is -0.309. The standard InChI is InChI=1S/C29H24BrF4N3O6P2/c30-25-16-21(10-13-22(25)19-44(38,42-33)43-34)18-28(23-6-2-1-3-7-23,37-27-9-5-4-8-26(27)35-36-37)17-20-11-14-24(15-12-20)29(31,32)45(39,40)41/h1-16H,17-19H2,(H2,39,40,41). The van der Waals surface area contributed by atoms with Gasteiger partial charge in [0.25, 0.3) is 0 Å². The van der Waals surface area contributed by atoms with Gasteiger partial charge >= 0.3 is 20.9 Å². The molecule has 0 saturated heterocycles. The van der Waals surface area contributed by atoms with Gasteiger partial charge < -0.3 is 9.79 Å². The van der Waals surface area contributed by atoms with Gasteiger partial charge in [-0.25, -0.2) is 4.68 Å². The highest BCUT2D eigenvalue weighted by Crippen LogP contribution is 2.59. The first-order valence-corrected chi connectivity index (χ1v) is 17.3. The van der Waals surface area contributed by atoms with E-state index in [-0.39, 0.29) is 18.4 Å². The number of fused-ring (bicyclic) bond motifs is 1. The Labute approximate surface area is 262 Å². The maximum atomic E-state index is 14.4. The molecule has 4 aromatic carbocycles. The van der Waals surface area contributed by atoms with Gasteiger partial charge in [-0.3, -0.25) is 9.13 Å². The molecule has 16 heteroatoms. The summed E-state index contributed by atoms with van der Waals surface area (Å²) < 4.78 is 86.5. The predicted octanol–water partition coefficient (Wildman–Crippen LogP) is 8.15. The van der Waals surface area contributed by atoms with Gasteiger partial charge in [-0.1, -0.05) is 100 Å². The Morgan fingerprint density at radius 1 is 0.800 bits per heavy atom. The molecule has 0 aliphatic heterocycles. The highest BCUT2D eigenvalue weighted by Gasteiger charge is 2.50. The molecule has 0 saturated carbocycles. The van der Waals surface area contributed by atoms with Crippen molar-refractivity contribution in [2.45, 2.75) is 30.2 Å². The van der Waals surface area contributed by atoms with Gasteiger partial charge in [0.2, 0.25) is 0 Å². The van der Waals surface area contributed by atoms with Crippen LogP contribution in [-0.2, 0) is 48.8 Å². The van der Waals surface area contributed by atoms with E-state index in [0.29, 0.717) is 26.6 Å². The predicted molar refractivity (Wildman–Crippen MR) is 161 cm³/mol. The molecule has 45 heavy (non-hydrogen) atoms. The van der Waals surface area contributed by atoms with Crippen molar-refractivity contribution in [2.24, 2.45) is 0 Å². The molecule has 0 spiro atoms. The maximum Gasteiger partial charge on any atom is 0.399 e. The van der Waals surface area contributed by atoms with Crippen LogP contribution in [0.3, 0.4) is 0 Å². The van der Waals surface area contributed by atoms with Gasteiger partial charge in [-0.15, -0.1) is 14.6 Å². The van der Waals surface area contributed by atoms with Crippen molar-refractivity contribution in [3.63, 3.8) is 0 Å². The Morgan fingerprint density at radius 3 is 2.02 bits per heavy atom. The van der Waals surface area contributed by atoms with Crippen LogP contribution in [0.1, 0.15) is 27.8 Å². The molecule has 5 aromatic rings. The lowest BCUT2D eigenvalue weighted by Crippen LogP contribution is -2.40. The first kappa shape index (κ1) is 33.2. The van der Waals surface area contributed by atoms with Crippen LogP contribution in [0.5, 0.6) is 0 Å². The van der Waals surface area contributed by atoms with Crippen LogP contribution >= 0.6 is 31.1 Å². The zero-order valence-corrected chi connectivity index (χ0v) is 26.4. The fourth-order valence-electron chi connectivity index (χ4n) is 5.24. The molecule has 1 unspecified atom stereocenters. The average Bonchev–Trinajstić information content (AvgIpc) is 3.47. The first-order valence-electron chi connectivity index (χ1n) is 13.2. The molecule has 0 aliphatic rings. The van der Waals surface area contributed by atoms with Crippen molar-refractivity contribution in [3.05, 3.63) is 129 Å². The topological polar surface area (TPSA) is 124 Å². The summed E-state index contributed by atoms with van der Waals surface area (Å²) in [4.78, 5) is 18.4. The number of halogens is 5. The molecule has 2 N–H and O–H groups in total. The Balaban J connectivity index is 1.66. The van der Waals surface area contributed by atoms with E-state index in [0.717, 1.165) is 17.7 Å². The highest BCUT2D eigenvalue weighted by atomic mass is 79.9. The average molecular weight is 728 g/mol. The van der Waals surface area contributed by atoms with Crippen LogP contribution in [-0.4, -0.2) is 24.8 Å². The second-order valence-electron chi connectivity index (χ2n) is 10.4. The zero-order valence-electron chi connectivity index (χ0n) is 23.0. The Hall–Kier alpha value is -3.22. The van der Waals surface area contributed by atoms with Gasteiger partial charge in [0.15, 0.2) is 0 Å². The number of nitrogens with zero attached hydrogens (tertiary/aromatic N) is 3. The van der Waals surface area contributed by atoms with E-state index in [1.807, 2.05) is 48.5 Å². The summed E-state index contributed by atoms with van der Waals surface area (Å²) in [5.41, 5.74) is -2.75. The minimum absolute atomic E-state index is 0.159. The molecule has 9 nitrogen and oxygen atoms in total. The fraction of sp³-hybridized carbons (Fsp3) is 0.172. The summed E-state index contributed by atoms with van der Waals surface area (Å²) in [7, 11) is -10.4. The van der Waals surface area contributed by atoms with Gasteiger partial charge in [0.1, 0.15) is 5.52 Å². The monoisotopic (exact) mass is 727 g/mol. The number of para-hydroxylation sites is 1. The van der Waals surface area contributed by atoms with Crippen LogP contribution < -0.4 is 0 Å². The van der Waals surface area contributed by atoms with Crippen molar-refractivity contribution in [2.75, 3.05) is 0 Å². The highest BCUT2D eigenvalue weighted by molar-refractivity contribution is 9.10. The molecule has 0 fully saturated rings. The minimum Gasteiger partial charge on any atom is -0.320 e. The summed E-state index contributed by atoms with van der Waals surface area (Å²) in [6.45, 7) is 0. The molecule has 236 valence electrons. The normalized spacial score (nSPS) is 14.0. The van der Waals surface area contributed by atoms with Crippen molar-refractivity contribution < 1.29 is 46.2 Å². The van der Waals surface area contributed by atoms with Crippen LogP contribution in [0.15, 0.2) is 102 Å². The second kappa shape index (κ2) is 12.9. The lowest BCUT2D eigenvalue weighted by Gasteiger charge is -2.36. The van der Waals surface area contributed by atoms with Crippen molar-refractivity contribution in [1.29, 1.82) is 0 Å². The van der Waals surface area contributed by atoms with E-state index in [1.54, 1.807) is 22.9 Å². The smallest absolute Gasteiger partial charge is 0.320 e. The van der Waals surface area contributed by atoms with E-state index >= 15 is 0 Å². The van der Waals surface area contributed by atoms with Gasteiger partial charge in [0.05, 0.1) is 17.2 Å². The third-order valence-corrected chi connectivity index (χ3v) is 10.3. The summed E-state index contributed by atoms with van der Waals surface area (Å²) in [5.74, 6) is 0. The third-order valence-electron chi connectivity index (χ3n) is 7.42. The van der Waals surface area contributed by atoms with Crippen molar-refractivity contribution >= 4 is 42.2 Å². The van der Waals surface area contributed by atoms with Crippen LogP contribution in [0, 0.1) is 0 Å². The fourth-order valence-corrected chi connectivity index (χ4v) is 7.32. The lowest BCUT2D eigenvalue weighted by atomic mass is 9.78. The zero-order chi connectivity index (χ0) is 32.5. The largest absolute Gasteiger partial charge is 0.399 e. The minimum atomic E-state index is -5.77. The van der Waals surface area contributed by atoms with E-state index in [2.05, 4.69) is 35.7 Å². The quantitative estimate of drug-likeness (QED) is 0.0975. The maximum absolute atomic E-state index is 14.4. The molecule has 5 rings (SSSR count). The third kappa shape index (κ3) is 6.69. The molecular formula is C29H24BrF4N3O6P2. The Morgan fingerprint density at radius 2 is 1.40 bits per heavy atom. The number of rotatable bonds is 12. The molecule has 1 heterocycles. The van der Waals surface area contributed by atoms with Crippen LogP contribution in [0.2, 0.25) is 0 Å². The Kier molecular flexibility index (Phi) is 9.49. The summed E-state index contributed by atoms with van der Waals surface area (Å²) >= 11 is 3.37. The molecule has 0 bridgehead atoms. The number of hydrogen-bond acceptors (Lipinski definition) is 6. The van der Waals surface area contributed by atoms with E-state index in [1.165, 1.54) is 18.2 Å². The molecule has 0 aliphatic carbocycles. The molecule has 0 radical (unpaired) electrons. The number of aromatic nitrogens is 3. The summed E-state index contributed by atoms with van der Waals surface area (Å²) in [5, 5.41) is 8.86. The van der Waals surface area contributed by atoms with Gasteiger partial charge in [-0.05, 0) is 49.5 Å². The Bertz CT molecular complexity index is 1900. The number of benzene rings is 4. The van der Waals surface area contributed by atoms with Crippen molar-refractivity contribution in [3.8, 4) is 0 Å². The van der Waals surface area contributed by atoms with Crippen LogP contribution in [0.4, 0.5) is 17.8 Å². The van der Waals surface area contributed by atoms with E-state index in [9.17, 15) is 36.7 Å². The van der Waals surface area contributed by atoms with E-state index in [4.69, 9.17) is 0 Å². The molecule has 0 amide bonds. The molecule has 1 atom stereocenters. The second-order valence-corrected chi connectivity index (χ2v) is 14.7. The van der Waals surface area contributed by atoms with Gasteiger partial charge in [-0.2, -0.15) is 8.78 Å². The lowest BCUT2D eigenvalue weighted by molar-refractivity contribution is -0.0881. The van der Waals surface area contributed by atoms with Crippen molar-refractivity contribution in [1.82, 2.24) is 15.0 Å². The molecule has 1 aromatic heterocycles. The molecular weight excluding hydrogens is 704 g/mol. The first-order chi connectivity index (χ1) is 21.3. The SMILES string of the molecule is O=P(Cc1ccc(CC(Cc2ccc(C(F)(F)P(=O)(O)O)cc2)(c2ccccc2)n2nnc3ccccc32)cc1Br)(OF)OF. The van der Waals surface area contributed by atoms with Gasteiger partial charge in [0, 0.05) is 22.9 Å². The van der Waals surface area contributed by atoms with Crippen LogP contribution in [0.25, 0.3) is 11.0 Å². The summed E-state index contributed by atoms with van der Waals surface area (Å²) in [6, 6.07) is 26.1. The number of hydrogen-bond donors (Lipinski definition) is 2.